The van der Waals surface area contributed by atoms with E-state index < -0.39 is 19.3 Å². The summed E-state index contributed by atoms with van der Waals surface area (Å²) < 4.78 is 24.2. The van der Waals surface area contributed by atoms with Crippen molar-refractivity contribution < 1.29 is 8.42 Å². The van der Waals surface area contributed by atoms with Crippen LogP contribution in [0.2, 0.25) is 0 Å². The molecule has 2 bridgehead atoms. The van der Waals surface area contributed by atoms with Crippen molar-refractivity contribution >= 4 is 9.84 Å². The second-order valence-electron chi connectivity index (χ2n) is 6.29. The van der Waals surface area contributed by atoms with Gasteiger partial charge < -0.3 is 0 Å². The average molecular weight is 242 g/mol. The van der Waals surface area contributed by atoms with Gasteiger partial charge in [-0.15, -0.1) is 0 Å². The van der Waals surface area contributed by atoms with E-state index in [1.165, 1.54) is 5.57 Å². The van der Waals surface area contributed by atoms with Crippen LogP contribution in [0.15, 0.2) is 11.1 Å². The Kier molecular flexibility index (Phi) is 1.96. The third-order valence-electron chi connectivity index (χ3n) is 6.26. The third kappa shape index (κ3) is 0.737. The zero-order valence-corrected chi connectivity index (χ0v) is 12.1. The predicted molar refractivity (Wildman–Crippen MR) is 67.0 cm³/mol. The fourth-order valence-electron chi connectivity index (χ4n) is 4.18. The van der Waals surface area contributed by atoms with Gasteiger partial charge in [0, 0.05) is 5.41 Å². The zero-order valence-electron chi connectivity index (χ0n) is 11.3. The van der Waals surface area contributed by atoms with Crippen molar-refractivity contribution in [2.75, 3.05) is 0 Å². The fourth-order valence-corrected chi connectivity index (χ4v) is 7.38. The van der Waals surface area contributed by atoms with Crippen molar-refractivity contribution in [1.29, 1.82) is 0 Å². The van der Waals surface area contributed by atoms with Gasteiger partial charge in [0.25, 0.3) is 0 Å². The van der Waals surface area contributed by atoms with Gasteiger partial charge in [-0.2, -0.15) is 0 Å². The minimum atomic E-state index is -3.11. The van der Waals surface area contributed by atoms with Gasteiger partial charge in [-0.1, -0.05) is 25.0 Å². The van der Waals surface area contributed by atoms with Gasteiger partial charge >= 0.3 is 0 Å². The van der Waals surface area contributed by atoms with Crippen molar-refractivity contribution in [2.45, 2.75) is 58.0 Å². The molecule has 0 N–H and O–H groups in total. The van der Waals surface area contributed by atoms with Crippen molar-refractivity contribution in [3.05, 3.63) is 11.1 Å². The molecule has 0 aromatic heterocycles. The number of hydrogen-bond acceptors (Lipinski definition) is 2. The summed E-state index contributed by atoms with van der Waals surface area (Å²) in [4.78, 5) is 0. The molecule has 0 spiro atoms. The maximum Gasteiger partial charge on any atom is 0.165 e. The first-order valence-electron chi connectivity index (χ1n) is 5.90. The second kappa shape index (κ2) is 2.58. The lowest BCUT2D eigenvalue weighted by Crippen LogP contribution is -2.48. The Hall–Kier alpha value is -0.310. The first-order valence-corrected chi connectivity index (χ1v) is 7.38. The average Bonchev–Trinajstić information content (AvgIpc) is 2.36. The number of fused-ring (bicyclic) bond motifs is 2. The smallest absolute Gasteiger partial charge is 0.165 e. The van der Waals surface area contributed by atoms with Crippen molar-refractivity contribution in [1.82, 2.24) is 0 Å². The van der Waals surface area contributed by atoms with E-state index in [2.05, 4.69) is 20.8 Å². The Morgan fingerprint density at radius 2 is 1.44 bits per heavy atom. The predicted octanol–water partition coefficient (Wildman–Crippen LogP) is 2.94. The van der Waals surface area contributed by atoms with Crippen LogP contribution in [0.5, 0.6) is 0 Å². The van der Waals surface area contributed by atoms with Gasteiger partial charge in [0.2, 0.25) is 0 Å². The van der Waals surface area contributed by atoms with Crippen LogP contribution in [0.3, 0.4) is 0 Å². The molecule has 2 aliphatic rings. The molecule has 2 rings (SSSR count). The molecule has 0 aromatic carbocycles. The van der Waals surface area contributed by atoms with Crippen LogP contribution >= 0.6 is 0 Å². The minimum Gasteiger partial charge on any atom is -0.227 e. The molecule has 0 saturated carbocycles. The lowest BCUT2D eigenvalue weighted by Gasteiger charge is -2.41. The highest BCUT2D eigenvalue weighted by atomic mass is 32.2. The topological polar surface area (TPSA) is 34.1 Å². The molecule has 0 aromatic rings. The molecule has 1 fully saturated rings. The fraction of sp³-hybridized carbons (Fsp3) is 0.846. The molecule has 2 nitrogen and oxygen atoms in total. The molecular weight excluding hydrogens is 220 g/mol. The van der Waals surface area contributed by atoms with Crippen LogP contribution in [0.1, 0.15) is 48.5 Å². The summed E-state index contributed by atoms with van der Waals surface area (Å²) in [5.74, 6) is 0.167. The van der Waals surface area contributed by atoms with Gasteiger partial charge in [-0.05, 0) is 40.5 Å². The van der Waals surface area contributed by atoms with E-state index >= 15 is 0 Å². The highest BCUT2D eigenvalue weighted by Gasteiger charge is 2.75. The summed E-state index contributed by atoms with van der Waals surface area (Å²) in [6.45, 7) is 14.0. The van der Waals surface area contributed by atoms with Crippen molar-refractivity contribution in [2.24, 2.45) is 11.3 Å². The van der Waals surface area contributed by atoms with Gasteiger partial charge in [-0.25, -0.2) is 8.42 Å². The van der Waals surface area contributed by atoms with E-state index in [0.717, 1.165) is 5.57 Å². The number of sulfone groups is 1. The first kappa shape index (κ1) is 12.2. The van der Waals surface area contributed by atoms with Gasteiger partial charge in [-0.3, -0.25) is 0 Å². The SMILES string of the molecule is CC1=C(C)C2(C)C(C)C1(C)C(C)(C)S2(=O)=O. The minimum absolute atomic E-state index is 0.167. The van der Waals surface area contributed by atoms with E-state index in [9.17, 15) is 8.42 Å². The van der Waals surface area contributed by atoms with Crippen LogP contribution in [0.4, 0.5) is 0 Å². The Morgan fingerprint density at radius 3 is 1.75 bits per heavy atom. The Balaban J connectivity index is 2.95. The first-order chi connectivity index (χ1) is 6.97. The molecule has 1 aliphatic carbocycles. The van der Waals surface area contributed by atoms with Crippen LogP contribution < -0.4 is 0 Å². The maximum atomic E-state index is 12.7. The van der Waals surface area contributed by atoms with E-state index in [1.54, 1.807) is 0 Å². The molecular formula is C13H22O2S. The lowest BCUT2D eigenvalue weighted by molar-refractivity contribution is 0.229. The van der Waals surface area contributed by atoms with Crippen LogP contribution in [-0.4, -0.2) is 17.9 Å². The molecule has 3 heteroatoms. The summed E-state index contributed by atoms with van der Waals surface area (Å²) in [7, 11) is -3.11. The molecule has 1 aliphatic heterocycles. The highest BCUT2D eigenvalue weighted by molar-refractivity contribution is 7.94. The van der Waals surface area contributed by atoms with E-state index in [0.29, 0.717) is 0 Å². The number of hydrogen-bond donors (Lipinski definition) is 0. The quantitative estimate of drug-likeness (QED) is 0.612. The summed E-state index contributed by atoms with van der Waals surface area (Å²) in [6.07, 6.45) is 0. The van der Waals surface area contributed by atoms with Crippen molar-refractivity contribution in [3.63, 3.8) is 0 Å². The number of allylic oxidation sites excluding steroid dienone is 1. The Bertz CT molecular complexity index is 498. The van der Waals surface area contributed by atoms with Gasteiger partial charge in [0.15, 0.2) is 9.84 Å². The zero-order chi connectivity index (χ0) is 12.7. The number of rotatable bonds is 0. The van der Waals surface area contributed by atoms with E-state index in [-0.39, 0.29) is 11.3 Å². The molecule has 16 heavy (non-hydrogen) atoms. The van der Waals surface area contributed by atoms with Gasteiger partial charge in [0.05, 0.1) is 9.49 Å². The molecule has 0 radical (unpaired) electrons. The highest BCUT2D eigenvalue weighted by Crippen LogP contribution is 2.70. The largest absolute Gasteiger partial charge is 0.227 e. The van der Waals surface area contributed by atoms with E-state index in [4.69, 9.17) is 0 Å². The summed E-state index contributed by atoms with van der Waals surface area (Å²) in [6, 6.07) is 0. The van der Waals surface area contributed by atoms with Crippen molar-refractivity contribution in [3.8, 4) is 0 Å². The molecule has 3 atom stereocenters. The standard InChI is InChI=1S/C13H22O2S/c1-8-9(2)13(7)10(3)12(8,6)11(4,5)16(13,14)15/h10H,1-7H3. The second-order valence-corrected chi connectivity index (χ2v) is 9.17. The normalized spacial score (nSPS) is 48.8. The third-order valence-corrected chi connectivity index (χ3v) is 9.80. The lowest BCUT2D eigenvalue weighted by atomic mass is 9.67. The van der Waals surface area contributed by atoms with Crippen LogP contribution in [0, 0.1) is 11.3 Å². The molecule has 1 heterocycles. The van der Waals surface area contributed by atoms with Crippen LogP contribution in [0.25, 0.3) is 0 Å². The van der Waals surface area contributed by atoms with Gasteiger partial charge in [0.1, 0.15) is 0 Å². The molecule has 92 valence electrons. The molecule has 1 saturated heterocycles. The maximum absolute atomic E-state index is 12.7. The van der Waals surface area contributed by atoms with E-state index in [1.807, 2.05) is 27.7 Å². The molecule has 0 amide bonds. The summed E-state index contributed by atoms with van der Waals surface area (Å²) in [5, 5.41) is 0. The summed E-state index contributed by atoms with van der Waals surface area (Å²) >= 11 is 0. The molecule has 3 unspecified atom stereocenters. The summed E-state index contributed by atoms with van der Waals surface area (Å²) in [5.41, 5.74) is 2.13. The Labute approximate surface area is 99.0 Å². The Morgan fingerprint density at radius 1 is 1.00 bits per heavy atom. The monoisotopic (exact) mass is 242 g/mol. The van der Waals surface area contributed by atoms with Crippen LogP contribution in [-0.2, 0) is 9.84 Å².